The summed E-state index contributed by atoms with van der Waals surface area (Å²) in [6.07, 6.45) is 5.87. The van der Waals surface area contributed by atoms with E-state index in [2.05, 4.69) is 47.0 Å². The second-order valence-corrected chi connectivity index (χ2v) is 7.34. The molecule has 0 aliphatic carbocycles. The molecule has 26 heavy (non-hydrogen) atoms. The number of benzene rings is 1. The van der Waals surface area contributed by atoms with Gasteiger partial charge in [0.15, 0.2) is 0 Å². The van der Waals surface area contributed by atoms with Gasteiger partial charge in [-0.25, -0.2) is 9.97 Å². The molecule has 0 bridgehead atoms. The third-order valence-electron chi connectivity index (χ3n) is 5.48. The number of anilines is 1. The number of aromatic nitrogens is 2. The zero-order valence-electron chi connectivity index (χ0n) is 15.7. The molecule has 1 aromatic heterocycles. The fourth-order valence-corrected chi connectivity index (χ4v) is 3.56. The van der Waals surface area contributed by atoms with Crippen molar-refractivity contribution in [3.8, 4) is 11.8 Å². The molecule has 0 saturated carbocycles. The Morgan fingerprint density at radius 2 is 2.12 bits per heavy atom. The van der Waals surface area contributed by atoms with Gasteiger partial charge in [0.05, 0.1) is 37.5 Å². The summed E-state index contributed by atoms with van der Waals surface area (Å²) < 4.78 is 11.6. The number of nitrogens with one attached hydrogen (secondary N) is 1. The highest BCUT2D eigenvalue weighted by atomic mass is 16.5. The maximum Gasteiger partial charge on any atom is 0.322 e. The summed E-state index contributed by atoms with van der Waals surface area (Å²) >= 11 is 0. The monoisotopic (exact) mass is 354 g/mol. The third-order valence-corrected chi connectivity index (χ3v) is 5.48. The van der Waals surface area contributed by atoms with E-state index in [0.717, 1.165) is 37.5 Å². The molecule has 1 aromatic carbocycles. The molecule has 4 rings (SSSR count). The summed E-state index contributed by atoms with van der Waals surface area (Å²) in [4.78, 5) is 11.0. The first-order valence-electron chi connectivity index (χ1n) is 9.34. The van der Waals surface area contributed by atoms with Gasteiger partial charge in [0.2, 0.25) is 0 Å². The standard InChI is InChI=1S/C20H26N4O2/c1-4-18-17-8-16(7-6-14(17)11-25-18)26-19-21-9-15(10-22-19)24-12-20(3,5-2)23-13-24/h6-10,18,23H,4-5,11-13H2,1-3H3/t18-,20-/m1/s1. The van der Waals surface area contributed by atoms with Crippen LogP contribution in [0.5, 0.6) is 11.8 Å². The fourth-order valence-electron chi connectivity index (χ4n) is 3.56. The van der Waals surface area contributed by atoms with Crippen molar-refractivity contribution in [2.24, 2.45) is 0 Å². The lowest BCUT2D eigenvalue weighted by Gasteiger charge is -2.22. The van der Waals surface area contributed by atoms with Crippen molar-refractivity contribution in [3.05, 3.63) is 41.7 Å². The van der Waals surface area contributed by atoms with E-state index in [0.29, 0.717) is 12.6 Å². The molecule has 0 spiro atoms. The zero-order chi connectivity index (χ0) is 18.1. The Labute approximate surface area is 154 Å². The molecule has 0 unspecified atom stereocenters. The largest absolute Gasteiger partial charge is 0.424 e. The number of hydrogen-bond acceptors (Lipinski definition) is 6. The minimum Gasteiger partial charge on any atom is -0.424 e. The van der Waals surface area contributed by atoms with E-state index in [1.54, 1.807) is 0 Å². The predicted molar refractivity (Wildman–Crippen MR) is 100 cm³/mol. The van der Waals surface area contributed by atoms with Crippen LogP contribution in [-0.2, 0) is 11.3 Å². The number of rotatable bonds is 5. The highest BCUT2D eigenvalue weighted by Crippen LogP contribution is 2.36. The van der Waals surface area contributed by atoms with E-state index in [4.69, 9.17) is 9.47 Å². The number of nitrogens with zero attached hydrogens (tertiary/aromatic N) is 3. The van der Waals surface area contributed by atoms with Crippen molar-refractivity contribution in [3.63, 3.8) is 0 Å². The molecule has 2 aromatic rings. The van der Waals surface area contributed by atoms with Crippen LogP contribution in [0, 0.1) is 0 Å². The summed E-state index contributed by atoms with van der Waals surface area (Å²) in [5.74, 6) is 0.752. The molecule has 2 aliphatic heterocycles. The van der Waals surface area contributed by atoms with Crippen LogP contribution in [0.15, 0.2) is 30.6 Å². The normalized spacial score (nSPS) is 24.7. The molecule has 2 atom stereocenters. The minimum atomic E-state index is 0.150. The lowest BCUT2D eigenvalue weighted by molar-refractivity contribution is 0.0636. The van der Waals surface area contributed by atoms with Crippen molar-refractivity contribution >= 4 is 5.69 Å². The first-order chi connectivity index (χ1) is 12.6. The van der Waals surface area contributed by atoms with Crippen LogP contribution < -0.4 is 15.0 Å². The predicted octanol–water partition coefficient (Wildman–Crippen LogP) is 3.79. The van der Waals surface area contributed by atoms with Gasteiger partial charge < -0.3 is 14.4 Å². The van der Waals surface area contributed by atoms with E-state index in [1.165, 1.54) is 11.1 Å². The maximum atomic E-state index is 5.86. The Kier molecular flexibility index (Phi) is 4.54. The Hall–Kier alpha value is -2.18. The fraction of sp³-hybridized carbons (Fsp3) is 0.500. The molecular formula is C20H26N4O2. The van der Waals surface area contributed by atoms with E-state index >= 15 is 0 Å². The summed E-state index contributed by atoms with van der Waals surface area (Å²) in [6.45, 7) is 9.03. The second-order valence-electron chi connectivity index (χ2n) is 7.34. The molecule has 2 aliphatic rings. The average Bonchev–Trinajstić information content (AvgIpc) is 3.26. The Bertz CT molecular complexity index is 780. The van der Waals surface area contributed by atoms with Crippen LogP contribution in [0.2, 0.25) is 0 Å². The zero-order valence-corrected chi connectivity index (χ0v) is 15.7. The van der Waals surface area contributed by atoms with E-state index in [-0.39, 0.29) is 11.6 Å². The van der Waals surface area contributed by atoms with Crippen LogP contribution in [0.4, 0.5) is 5.69 Å². The van der Waals surface area contributed by atoms with Crippen LogP contribution in [0.1, 0.15) is 50.8 Å². The van der Waals surface area contributed by atoms with Crippen molar-refractivity contribution in [1.82, 2.24) is 15.3 Å². The third kappa shape index (κ3) is 3.27. The van der Waals surface area contributed by atoms with E-state index < -0.39 is 0 Å². The van der Waals surface area contributed by atoms with Gasteiger partial charge >= 0.3 is 6.01 Å². The van der Waals surface area contributed by atoms with Crippen molar-refractivity contribution < 1.29 is 9.47 Å². The van der Waals surface area contributed by atoms with Crippen molar-refractivity contribution in [1.29, 1.82) is 0 Å². The van der Waals surface area contributed by atoms with Crippen LogP contribution in [0.25, 0.3) is 0 Å². The Morgan fingerprint density at radius 3 is 2.81 bits per heavy atom. The lowest BCUT2D eigenvalue weighted by Crippen LogP contribution is -2.38. The number of fused-ring (bicyclic) bond motifs is 1. The molecule has 3 heterocycles. The molecule has 1 N–H and O–H groups in total. The summed E-state index contributed by atoms with van der Waals surface area (Å²) in [5, 5.41) is 3.55. The van der Waals surface area contributed by atoms with E-state index in [1.807, 2.05) is 24.5 Å². The second kappa shape index (κ2) is 6.85. The van der Waals surface area contributed by atoms with Gasteiger partial charge in [-0.15, -0.1) is 0 Å². The van der Waals surface area contributed by atoms with Gasteiger partial charge in [-0.1, -0.05) is 19.9 Å². The summed E-state index contributed by atoms with van der Waals surface area (Å²) in [6, 6.07) is 6.43. The van der Waals surface area contributed by atoms with Crippen LogP contribution in [0.3, 0.4) is 0 Å². The Morgan fingerprint density at radius 1 is 1.31 bits per heavy atom. The Balaban J connectivity index is 1.45. The highest BCUT2D eigenvalue weighted by Gasteiger charge is 2.31. The minimum absolute atomic E-state index is 0.150. The van der Waals surface area contributed by atoms with Crippen LogP contribution >= 0.6 is 0 Å². The van der Waals surface area contributed by atoms with Gasteiger partial charge in [-0.2, -0.15) is 0 Å². The molecular weight excluding hydrogens is 328 g/mol. The molecule has 138 valence electrons. The first kappa shape index (κ1) is 17.2. The van der Waals surface area contributed by atoms with Gasteiger partial charge in [0.25, 0.3) is 0 Å². The molecule has 0 radical (unpaired) electrons. The van der Waals surface area contributed by atoms with Gasteiger partial charge in [-0.05, 0) is 43.0 Å². The summed E-state index contributed by atoms with van der Waals surface area (Å²) in [7, 11) is 0. The van der Waals surface area contributed by atoms with Gasteiger partial charge in [0.1, 0.15) is 5.75 Å². The highest BCUT2D eigenvalue weighted by molar-refractivity contribution is 5.45. The molecule has 1 saturated heterocycles. The first-order valence-corrected chi connectivity index (χ1v) is 9.34. The maximum absolute atomic E-state index is 5.86. The van der Waals surface area contributed by atoms with Gasteiger partial charge in [0, 0.05) is 12.1 Å². The molecule has 6 heteroatoms. The van der Waals surface area contributed by atoms with Gasteiger partial charge in [-0.3, -0.25) is 5.32 Å². The number of hydrogen-bond donors (Lipinski definition) is 1. The molecule has 6 nitrogen and oxygen atoms in total. The van der Waals surface area contributed by atoms with Crippen LogP contribution in [-0.4, -0.2) is 28.7 Å². The smallest absolute Gasteiger partial charge is 0.322 e. The molecule has 0 amide bonds. The molecule has 1 fully saturated rings. The topological polar surface area (TPSA) is 59.5 Å². The van der Waals surface area contributed by atoms with Crippen molar-refractivity contribution in [2.45, 2.75) is 51.9 Å². The number of ether oxygens (including phenoxy) is 2. The quantitative estimate of drug-likeness (QED) is 0.882. The lowest BCUT2D eigenvalue weighted by atomic mass is 10.0. The van der Waals surface area contributed by atoms with Crippen molar-refractivity contribution in [2.75, 3.05) is 18.1 Å². The average molecular weight is 354 g/mol. The summed E-state index contributed by atoms with van der Waals surface area (Å²) in [5.41, 5.74) is 3.61. The SMILES string of the molecule is CC[C@H]1OCc2ccc(Oc3ncc(N4CN[C@](C)(CC)C4)cn3)cc21. The van der Waals surface area contributed by atoms with E-state index in [9.17, 15) is 0 Å².